The summed E-state index contributed by atoms with van der Waals surface area (Å²) in [5.74, 6) is -1.38. The standard InChI is InChI=1S/C11H11F7N2/c12-8-5-7(11(16,17)18)1-2-9(8)20(4-3-19)6-10(13,14)15/h1-2,5H,3-4,6,19H2. The van der Waals surface area contributed by atoms with Crippen molar-refractivity contribution in [1.29, 1.82) is 0 Å². The lowest BCUT2D eigenvalue weighted by Crippen LogP contribution is -2.38. The molecule has 1 aromatic carbocycles. The Bertz CT molecular complexity index is 453. The molecule has 1 rings (SSSR count). The van der Waals surface area contributed by atoms with E-state index in [1.54, 1.807) is 0 Å². The van der Waals surface area contributed by atoms with Gasteiger partial charge in [-0.1, -0.05) is 0 Å². The molecule has 0 bridgehead atoms. The molecule has 0 aliphatic heterocycles. The first-order chi connectivity index (χ1) is 9.04. The van der Waals surface area contributed by atoms with Crippen molar-refractivity contribution in [2.45, 2.75) is 12.4 Å². The van der Waals surface area contributed by atoms with Crippen LogP contribution in [0.25, 0.3) is 0 Å². The molecule has 0 aromatic heterocycles. The summed E-state index contributed by atoms with van der Waals surface area (Å²) in [6.45, 7) is -2.02. The predicted octanol–water partition coefficient (Wildman–Crippen LogP) is 3.17. The number of nitrogens with zero attached hydrogens (tertiary/aromatic N) is 1. The quantitative estimate of drug-likeness (QED) is 0.866. The Morgan fingerprint density at radius 3 is 2.05 bits per heavy atom. The summed E-state index contributed by atoms with van der Waals surface area (Å²) in [5, 5.41) is 0. The van der Waals surface area contributed by atoms with Gasteiger partial charge in [0.25, 0.3) is 0 Å². The number of nitrogens with two attached hydrogens (primary N) is 1. The number of alkyl halides is 6. The minimum Gasteiger partial charge on any atom is -0.359 e. The van der Waals surface area contributed by atoms with Crippen LogP contribution in [0.2, 0.25) is 0 Å². The normalized spacial score (nSPS) is 12.6. The van der Waals surface area contributed by atoms with Gasteiger partial charge in [-0.2, -0.15) is 26.3 Å². The van der Waals surface area contributed by atoms with E-state index in [0.29, 0.717) is 17.0 Å². The fourth-order valence-corrected chi connectivity index (χ4v) is 1.60. The van der Waals surface area contributed by atoms with Crippen LogP contribution >= 0.6 is 0 Å². The molecule has 20 heavy (non-hydrogen) atoms. The molecule has 0 aliphatic rings. The van der Waals surface area contributed by atoms with Gasteiger partial charge in [0.05, 0.1) is 11.3 Å². The molecule has 0 radical (unpaired) electrons. The van der Waals surface area contributed by atoms with E-state index in [-0.39, 0.29) is 19.2 Å². The topological polar surface area (TPSA) is 29.3 Å². The highest BCUT2D eigenvalue weighted by Crippen LogP contribution is 2.33. The van der Waals surface area contributed by atoms with Crippen LogP contribution in [0.5, 0.6) is 0 Å². The Labute approximate surface area is 110 Å². The summed E-state index contributed by atoms with van der Waals surface area (Å²) < 4.78 is 87.6. The maximum absolute atomic E-state index is 13.6. The van der Waals surface area contributed by atoms with Crippen LogP contribution in [0.4, 0.5) is 36.4 Å². The van der Waals surface area contributed by atoms with E-state index in [2.05, 4.69) is 0 Å². The molecule has 0 spiro atoms. The van der Waals surface area contributed by atoms with Gasteiger partial charge in [-0.15, -0.1) is 0 Å². The van der Waals surface area contributed by atoms with E-state index in [1.165, 1.54) is 0 Å². The molecule has 1 aromatic rings. The summed E-state index contributed by atoms with van der Waals surface area (Å²) in [5.41, 5.74) is 3.29. The largest absolute Gasteiger partial charge is 0.416 e. The molecule has 0 amide bonds. The van der Waals surface area contributed by atoms with Gasteiger partial charge in [0.15, 0.2) is 0 Å². The molecule has 0 aliphatic carbocycles. The van der Waals surface area contributed by atoms with Gasteiger partial charge in [-0.05, 0) is 18.2 Å². The Hall–Kier alpha value is -1.51. The number of hydrogen-bond acceptors (Lipinski definition) is 2. The van der Waals surface area contributed by atoms with Crippen molar-refractivity contribution in [1.82, 2.24) is 0 Å². The number of hydrogen-bond donors (Lipinski definition) is 1. The highest BCUT2D eigenvalue weighted by Gasteiger charge is 2.34. The lowest BCUT2D eigenvalue weighted by molar-refractivity contribution is -0.137. The van der Waals surface area contributed by atoms with Crippen molar-refractivity contribution in [2.75, 3.05) is 24.5 Å². The number of rotatable bonds is 4. The fourth-order valence-electron chi connectivity index (χ4n) is 1.60. The van der Waals surface area contributed by atoms with Gasteiger partial charge in [0.1, 0.15) is 12.4 Å². The molecular weight excluding hydrogens is 293 g/mol. The molecule has 0 saturated carbocycles. The van der Waals surface area contributed by atoms with Crippen LogP contribution in [0.15, 0.2) is 18.2 Å². The van der Waals surface area contributed by atoms with Crippen molar-refractivity contribution in [3.63, 3.8) is 0 Å². The first-order valence-corrected chi connectivity index (χ1v) is 5.43. The van der Waals surface area contributed by atoms with E-state index in [1.807, 2.05) is 0 Å². The third-order valence-corrected chi connectivity index (χ3v) is 2.38. The zero-order valence-corrected chi connectivity index (χ0v) is 10.0. The van der Waals surface area contributed by atoms with Crippen LogP contribution in [0.1, 0.15) is 5.56 Å². The number of anilines is 1. The van der Waals surface area contributed by atoms with E-state index < -0.39 is 36.0 Å². The van der Waals surface area contributed by atoms with Gasteiger partial charge >= 0.3 is 12.4 Å². The monoisotopic (exact) mass is 304 g/mol. The minimum absolute atomic E-state index is 0.162. The molecule has 0 atom stereocenters. The second-order valence-corrected chi connectivity index (χ2v) is 3.99. The summed E-state index contributed by atoms with van der Waals surface area (Å²) in [7, 11) is 0. The van der Waals surface area contributed by atoms with Crippen LogP contribution in [0, 0.1) is 5.82 Å². The SMILES string of the molecule is NCCN(CC(F)(F)F)c1ccc(C(F)(F)F)cc1F. The highest BCUT2D eigenvalue weighted by molar-refractivity contribution is 5.50. The molecule has 9 heteroatoms. The zero-order valence-electron chi connectivity index (χ0n) is 10.0. The molecule has 0 unspecified atom stereocenters. The fraction of sp³-hybridized carbons (Fsp3) is 0.455. The zero-order chi connectivity index (χ0) is 15.6. The number of halogens is 7. The van der Waals surface area contributed by atoms with Gasteiger partial charge in [0.2, 0.25) is 0 Å². The summed E-state index contributed by atoms with van der Waals surface area (Å²) in [6.07, 6.45) is -9.38. The van der Waals surface area contributed by atoms with Crippen molar-refractivity contribution >= 4 is 5.69 Å². The molecular formula is C11H11F7N2. The summed E-state index contributed by atoms with van der Waals surface area (Å²) >= 11 is 0. The third kappa shape index (κ3) is 4.55. The molecule has 0 fully saturated rings. The van der Waals surface area contributed by atoms with Crippen LogP contribution in [-0.2, 0) is 6.18 Å². The van der Waals surface area contributed by atoms with E-state index in [9.17, 15) is 30.7 Å². The third-order valence-electron chi connectivity index (χ3n) is 2.38. The van der Waals surface area contributed by atoms with Gasteiger partial charge < -0.3 is 10.6 Å². The Morgan fingerprint density at radius 1 is 1.05 bits per heavy atom. The average Bonchev–Trinajstić information content (AvgIpc) is 2.25. The molecule has 2 nitrogen and oxygen atoms in total. The maximum Gasteiger partial charge on any atom is 0.416 e. The maximum atomic E-state index is 13.6. The second kappa shape index (κ2) is 5.86. The van der Waals surface area contributed by atoms with Crippen LogP contribution in [0.3, 0.4) is 0 Å². The van der Waals surface area contributed by atoms with Gasteiger partial charge in [-0.3, -0.25) is 0 Å². The van der Waals surface area contributed by atoms with Crippen molar-refractivity contribution in [3.8, 4) is 0 Å². The lowest BCUT2D eigenvalue weighted by Gasteiger charge is -2.26. The Balaban J connectivity index is 3.09. The van der Waals surface area contributed by atoms with Crippen LogP contribution in [-0.4, -0.2) is 25.8 Å². The summed E-state index contributed by atoms with van der Waals surface area (Å²) in [6, 6.07) is 1.35. The number of benzene rings is 1. The predicted molar refractivity (Wildman–Crippen MR) is 58.7 cm³/mol. The summed E-state index contributed by atoms with van der Waals surface area (Å²) in [4.78, 5) is 0.551. The van der Waals surface area contributed by atoms with Crippen molar-refractivity contribution in [2.24, 2.45) is 5.73 Å². The molecule has 114 valence electrons. The first kappa shape index (κ1) is 16.5. The van der Waals surface area contributed by atoms with E-state index in [0.717, 1.165) is 0 Å². The second-order valence-electron chi connectivity index (χ2n) is 3.99. The van der Waals surface area contributed by atoms with Crippen molar-refractivity contribution < 1.29 is 30.7 Å². The average molecular weight is 304 g/mol. The highest BCUT2D eigenvalue weighted by atomic mass is 19.4. The molecule has 2 N–H and O–H groups in total. The van der Waals surface area contributed by atoms with Gasteiger partial charge in [-0.25, -0.2) is 4.39 Å². The minimum atomic E-state index is -4.76. The molecule has 0 saturated heterocycles. The van der Waals surface area contributed by atoms with Crippen molar-refractivity contribution in [3.05, 3.63) is 29.6 Å². The first-order valence-electron chi connectivity index (χ1n) is 5.43. The molecule has 0 heterocycles. The van der Waals surface area contributed by atoms with E-state index in [4.69, 9.17) is 5.73 Å². The van der Waals surface area contributed by atoms with Crippen LogP contribution < -0.4 is 10.6 Å². The lowest BCUT2D eigenvalue weighted by atomic mass is 10.1. The Kier molecular flexibility index (Phi) is 4.85. The van der Waals surface area contributed by atoms with Gasteiger partial charge in [0, 0.05) is 13.1 Å². The smallest absolute Gasteiger partial charge is 0.359 e. The van der Waals surface area contributed by atoms with E-state index >= 15 is 0 Å². The Morgan fingerprint density at radius 2 is 1.65 bits per heavy atom.